The van der Waals surface area contributed by atoms with E-state index in [1.165, 1.54) is 0 Å². The van der Waals surface area contributed by atoms with Crippen molar-refractivity contribution in [3.8, 4) is 0 Å². The van der Waals surface area contributed by atoms with Gasteiger partial charge in [-0.3, -0.25) is 9.59 Å². The molecule has 2 aliphatic rings. The molecule has 2 unspecified atom stereocenters. The molecule has 96 valence electrons. The fourth-order valence-electron chi connectivity index (χ4n) is 2.84. The summed E-state index contributed by atoms with van der Waals surface area (Å²) in [6.07, 6.45) is 4.42. The van der Waals surface area contributed by atoms with Crippen LogP contribution >= 0.6 is 0 Å². The number of ketones is 1. The lowest BCUT2D eigenvalue weighted by atomic mass is 9.99. The summed E-state index contributed by atoms with van der Waals surface area (Å²) in [6, 6.07) is 0.141. The average molecular weight is 239 g/mol. The summed E-state index contributed by atoms with van der Waals surface area (Å²) in [4.78, 5) is 25.4. The monoisotopic (exact) mass is 239 g/mol. The maximum absolute atomic E-state index is 12.3. The molecule has 0 aromatic rings. The Bertz CT molecular complexity index is 297. The fourth-order valence-corrected chi connectivity index (χ4v) is 2.84. The van der Waals surface area contributed by atoms with Crippen molar-refractivity contribution in [3.63, 3.8) is 0 Å². The number of hydrogen-bond acceptors (Lipinski definition) is 3. The number of likely N-dealkylation sites (tertiary alicyclic amines) is 1. The van der Waals surface area contributed by atoms with Gasteiger partial charge in [-0.05, 0) is 32.6 Å². The van der Waals surface area contributed by atoms with Gasteiger partial charge in [0.05, 0.1) is 12.5 Å². The van der Waals surface area contributed by atoms with Crippen molar-refractivity contribution in [1.82, 2.24) is 4.90 Å². The molecule has 4 nitrogen and oxygen atoms in total. The topological polar surface area (TPSA) is 46.6 Å². The first kappa shape index (κ1) is 12.6. The van der Waals surface area contributed by atoms with Crippen molar-refractivity contribution in [2.45, 2.75) is 45.1 Å². The van der Waals surface area contributed by atoms with Gasteiger partial charge < -0.3 is 9.64 Å². The lowest BCUT2D eigenvalue weighted by Crippen LogP contribution is -2.42. The summed E-state index contributed by atoms with van der Waals surface area (Å²) >= 11 is 0. The van der Waals surface area contributed by atoms with Gasteiger partial charge in [-0.2, -0.15) is 0 Å². The molecule has 2 fully saturated rings. The first-order valence-corrected chi connectivity index (χ1v) is 6.56. The van der Waals surface area contributed by atoms with E-state index in [4.69, 9.17) is 4.74 Å². The van der Waals surface area contributed by atoms with E-state index in [-0.39, 0.29) is 23.7 Å². The second-order valence-electron chi connectivity index (χ2n) is 5.15. The van der Waals surface area contributed by atoms with Gasteiger partial charge in [0, 0.05) is 25.6 Å². The smallest absolute Gasteiger partial charge is 0.228 e. The second kappa shape index (κ2) is 5.63. The highest BCUT2D eigenvalue weighted by Crippen LogP contribution is 2.25. The Morgan fingerprint density at radius 3 is 2.76 bits per heavy atom. The van der Waals surface area contributed by atoms with Gasteiger partial charge in [0.25, 0.3) is 0 Å². The Morgan fingerprint density at radius 2 is 2.12 bits per heavy atom. The van der Waals surface area contributed by atoms with Crippen LogP contribution in [0.1, 0.15) is 39.0 Å². The zero-order valence-corrected chi connectivity index (χ0v) is 10.5. The van der Waals surface area contributed by atoms with E-state index < -0.39 is 0 Å². The predicted molar refractivity (Wildman–Crippen MR) is 63.6 cm³/mol. The molecular formula is C13H21NO3. The summed E-state index contributed by atoms with van der Waals surface area (Å²) in [5, 5.41) is 0. The Morgan fingerprint density at radius 1 is 1.29 bits per heavy atom. The normalized spacial score (nSPS) is 29.4. The number of amides is 1. The summed E-state index contributed by atoms with van der Waals surface area (Å²) in [6.45, 7) is 3.75. The van der Waals surface area contributed by atoms with E-state index >= 15 is 0 Å². The Kier molecular flexibility index (Phi) is 4.15. The van der Waals surface area contributed by atoms with Gasteiger partial charge in [0.2, 0.25) is 5.91 Å². The Hall–Kier alpha value is -0.900. The molecule has 0 bridgehead atoms. The minimum absolute atomic E-state index is 0.0244. The van der Waals surface area contributed by atoms with E-state index in [0.717, 1.165) is 38.8 Å². The third kappa shape index (κ3) is 3.06. The van der Waals surface area contributed by atoms with Crippen LogP contribution in [0.25, 0.3) is 0 Å². The number of carbonyl (C=O) groups excluding carboxylic acids is 2. The van der Waals surface area contributed by atoms with Crippen molar-refractivity contribution < 1.29 is 14.3 Å². The van der Waals surface area contributed by atoms with E-state index in [1.54, 1.807) is 6.92 Å². The van der Waals surface area contributed by atoms with Gasteiger partial charge in [-0.15, -0.1) is 0 Å². The highest BCUT2D eigenvalue weighted by Gasteiger charge is 2.34. The molecule has 0 N–H and O–H groups in total. The standard InChI is InChI=1S/C13H21NO3/c1-10(15)8-12-5-2-6-14(12)13(16)11-4-3-7-17-9-11/h11-12H,2-9H2,1H3. The SMILES string of the molecule is CC(=O)CC1CCCN1C(=O)C1CCCOC1. The van der Waals surface area contributed by atoms with Crippen LogP contribution in [0.15, 0.2) is 0 Å². The van der Waals surface area contributed by atoms with Crippen LogP contribution in [0, 0.1) is 5.92 Å². The lowest BCUT2D eigenvalue weighted by molar-refractivity contribution is -0.141. The molecule has 2 rings (SSSR count). The maximum Gasteiger partial charge on any atom is 0.228 e. The van der Waals surface area contributed by atoms with Crippen LogP contribution in [0.3, 0.4) is 0 Å². The molecule has 0 aliphatic carbocycles. The minimum atomic E-state index is 0.0244. The number of Topliss-reactive ketones (excluding diaryl/α,β-unsaturated/α-hetero) is 1. The number of ether oxygens (including phenoxy) is 1. The second-order valence-corrected chi connectivity index (χ2v) is 5.15. The van der Waals surface area contributed by atoms with Crippen LogP contribution in [-0.4, -0.2) is 42.4 Å². The van der Waals surface area contributed by atoms with E-state index in [9.17, 15) is 9.59 Å². The van der Waals surface area contributed by atoms with Crippen LogP contribution in [-0.2, 0) is 14.3 Å². The molecule has 2 heterocycles. The van der Waals surface area contributed by atoms with Crippen LogP contribution in [0.4, 0.5) is 0 Å². The lowest BCUT2D eigenvalue weighted by Gasteiger charge is -2.30. The maximum atomic E-state index is 12.3. The third-order valence-corrected chi connectivity index (χ3v) is 3.69. The van der Waals surface area contributed by atoms with Crippen LogP contribution in [0.2, 0.25) is 0 Å². The van der Waals surface area contributed by atoms with E-state index in [1.807, 2.05) is 4.90 Å². The number of nitrogens with zero attached hydrogens (tertiary/aromatic N) is 1. The molecule has 0 spiro atoms. The van der Waals surface area contributed by atoms with Gasteiger partial charge >= 0.3 is 0 Å². The summed E-state index contributed by atoms with van der Waals surface area (Å²) in [5.41, 5.74) is 0. The average Bonchev–Trinajstić information content (AvgIpc) is 2.76. The summed E-state index contributed by atoms with van der Waals surface area (Å²) in [5.74, 6) is 0.402. The molecule has 2 saturated heterocycles. The quantitative estimate of drug-likeness (QED) is 0.747. The van der Waals surface area contributed by atoms with Crippen LogP contribution in [0.5, 0.6) is 0 Å². The fraction of sp³-hybridized carbons (Fsp3) is 0.846. The van der Waals surface area contributed by atoms with Crippen molar-refractivity contribution in [2.75, 3.05) is 19.8 Å². The zero-order valence-electron chi connectivity index (χ0n) is 10.5. The highest BCUT2D eigenvalue weighted by atomic mass is 16.5. The van der Waals surface area contributed by atoms with Crippen molar-refractivity contribution in [2.24, 2.45) is 5.92 Å². The van der Waals surface area contributed by atoms with Gasteiger partial charge in [0.1, 0.15) is 5.78 Å². The van der Waals surface area contributed by atoms with Crippen molar-refractivity contribution in [1.29, 1.82) is 0 Å². The molecule has 0 aromatic heterocycles. The molecule has 2 atom stereocenters. The highest BCUT2D eigenvalue weighted by molar-refractivity contribution is 5.81. The summed E-state index contributed by atoms with van der Waals surface area (Å²) in [7, 11) is 0. The van der Waals surface area contributed by atoms with Gasteiger partial charge in [-0.1, -0.05) is 0 Å². The van der Waals surface area contributed by atoms with E-state index in [0.29, 0.717) is 13.0 Å². The van der Waals surface area contributed by atoms with Crippen LogP contribution < -0.4 is 0 Å². The summed E-state index contributed by atoms with van der Waals surface area (Å²) < 4.78 is 5.36. The molecule has 1 amide bonds. The minimum Gasteiger partial charge on any atom is -0.381 e. The first-order valence-electron chi connectivity index (χ1n) is 6.56. The number of carbonyl (C=O) groups is 2. The molecule has 0 aromatic carbocycles. The molecule has 0 radical (unpaired) electrons. The third-order valence-electron chi connectivity index (χ3n) is 3.69. The largest absolute Gasteiger partial charge is 0.381 e. The van der Waals surface area contributed by atoms with Gasteiger partial charge in [0.15, 0.2) is 0 Å². The Balaban J connectivity index is 1.94. The predicted octanol–water partition coefficient (Wildman–Crippen LogP) is 1.38. The van der Waals surface area contributed by atoms with E-state index in [2.05, 4.69) is 0 Å². The number of hydrogen-bond donors (Lipinski definition) is 0. The molecule has 0 saturated carbocycles. The molecule has 4 heteroatoms. The molecular weight excluding hydrogens is 218 g/mol. The Labute approximate surface area is 102 Å². The van der Waals surface area contributed by atoms with Crippen molar-refractivity contribution >= 4 is 11.7 Å². The van der Waals surface area contributed by atoms with Crippen molar-refractivity contribution in [3.05, 3.63) is 0 Å². The zero-order chi connectivity index (χ0) is 12.3. The first-order chi connectivity index (χ1) is 8.18. The number of rotatable bonds is 3. The molecule has 2 aliphatic heterocycles. The molecule has 17 heavy (non-hydrogen) atoms. The van der Waals surface area contributed by atoms with Gasteiger partial charge in [-0.25, -0.2) is 0 Å².